The molecule has 2 aromatic carbocycles. The Bertz CT molecular complexity index is 1240. The van der Waals surface area contributed by atoms with Gasteiger partial charge >= 0.3 is 5.97 Å². The molecular weight excluding hydrogens is 436 g/mol. The lowest BCUT2D eigenvalue weighted by atomic mass is 9.83. The maximum absolute atomic E-state index is 12.0. The van der Waals surface area contributed by atoms with Crippen LogP contribution in [0.15, 0.2) is 95.2 Å². The molecule has 35 heavy (non-hydrogen) atoms. The van der Waals surface area contributed by atoms with Gasteiger partial charge in [0.15, 0.2) is 0 Å². The average Bonchev–Trinajstić information content (AvgIpc) is 3.06. The second-order valence-corrected chi connectivity index (χ2v) is 9.11. The summed E-state index contributed by atoms with van der Waals surface area (Å²) in [7, 11) is 3.47. The van der Waals surface area contributed by atoms with E-state index in [0.29, 0.717) is 18.7 Å². The number of hydrogen-bond acceptors (Lipinski definition) is 5. The Kier molecular flexibility index (Phi) is 7.06. The number of likely N-dealkylation sites (N-methyl/N-ethyl adjacent to an activating group) is 1. The fraction of sp³-hybridized carbons (Fsp3) is 0.267. The molecule has 0 bridgehead atoms. The zero-order valence-corrected chi connectivity index (χ0v) is 21.0. The van der Waals surface area contributed by atoms with Gasteiger partial charge in [-0.2, -0.15) is 0 Å². The molecule has 0 radical (unpaired) electrons. The molecule has 0 spiro atoms. The van der Waals surface area contributed by atoms with Crippen molar-refractivity contribution in [2.75, 3.05) is 25.7 Å². The zero-order valence-electron chi connectivity index (χ0n) is 21.0. The Morgan fingerprint density at radius 3 is 2.40 bits per heavy atom. The maximum Gasteiger partial charge on any atom is 0.337 e. The number of carbonyl (C=O) groups is 1. The van der Waals surface area contributed by atoms with Gasteiger partial charge in [0.05, 0.1) is 31.5 Å². The smallest absolute Gasteiger partial charge is 0.337 e. The topological polar surface area (TPSA) is 51.1 Å². The molecule has 5 nitrogen and oxygen atoms in total. The monoisotopic (exact) mass is 468 g/mol. The fourth-order valence-electron chi connectivity index (χ4n) is 4.49. The predicted octanol–water partition coefficient (Wildman–Crippen LogP) is 6.18. The van der Waals surface area contributed by atoms with Crippen LogP contribution in [0, 0.1) is 0 Å². The van der Waals surface area contributed by atoms with E-state index in [-0.39, 0.29) is 11.4 Å². The largest absolute Gasteiger partial charge is 0.494 e. The average molecular weight is 469 g/mol. The SMILES string of the molecule is CCOc1ccc(CN=C2C=CC(=CC=C3N(C)c4ccc(C(=O)OC)cc4C3(C)C)C=C2)cc1. The molecule has 180 valence electrons. The van der Waals surface area contributed by atoms with Crippen molar-refractivity contribution in [2.24, 2.45) is 4.99 Å². The molecular formula is C30H32N2O3. The van der Waals surface area contributed by atoms with Crippen molar-refractivity contribution in [1.29, 1.82) is 0 Å². The number of nitrogens with zero attached hydrogens (tertiary/aromatic N) is 2. The molecule has 2 aromatic rings. The summed E-state index contributed by atoms with van der Waals surface area (Å²) in [4.78, 5) is 18.9. The van der Waals surface area contributed by atoms with Gasteiger partial charge in [0.2, 0.25) is 0 Å². The quantitative estimate of drug-likeness (QED) is 0.475. The maximum atomic E-state index is 12.0. The van der Waals surface area contributed by atoms with Gasteiger partial charge in [0.25, 0.3) is 0 Å². The molecule has 1 aliphatic carbocycles. The van der Waals surface area contributed by atoms with E-state index in [0.717, 1.165) is 33.8 Å². The lowest BCUT2D eigenvalue weighted by Gasteiger charge is -2.24. The lowest BCUT2D eigenvalue weighted by molar-refractivity contribution is 0.0600. The van der Waals surface area contributed by atoms with Gasteiger partial charge < -0.3 is 14.4 Å². The molecule has 5 heteroatoms. The number of allylic oxidation sites excluding steroid dienone is 8. The molecule has 0 unspecified atom stereocenters. The highest BCUT2D eigenvalue weighted by molar-refractivity contribution is 6.06. The van der Waals surface area contributed by atoms with Crippen molar-refractivity contribution >= 4 is 17.4 Å². The van der Waals surface area contributed by atoms with Gasteiger partial charge in [0.1, 0.15) is 5.75 Å². The molecule has 4 rings (SSSR count). The first-order chi connectivity index (χ1) is 16.8. The molecule has 1 aliphatic heterocycles. The van der Waals surface area contributed by atoms with Crippen LogP contribution in [0.5, 0.6) is 5.75 Å². The standard InChI is InChI=1S/C30H32N2O3/c1-6-35-25-15-9-22(10-16-25)20-31-24-13-7-21(8-14-24)11-18-28-30(2,3)26-19-23(29(33)34-5)12-17-27(26)32(28)4/h7-19H,6,20H2,1-5H3. The third-order valence-electron chi connectivity index (χ3n) is 6.46. The number of esters is 1. The Morgan fingerprint density at radius 2 is 1.74 bits per heavy atom. The Balaban J connectivity index is 1.47. The third kappa shape index (κ3) is 5.14. The number of benzene rings is 2. The summed E-state index contributed by atoms with van der Waals surface area (Å²) in [5, 5.41) is 0. The number of rotatable bonds is 6. The lowest BCUT2D eigenvalue weighted by Crippen LogP contribution is -2.22. The van der Waals surface area contributed by atoms with E-state index in [4.69, 9.17) is 14.5 Å². The summed E-state index contributed by atoms with van der Waals surface area (Å²) < 4.78 is 10.4. The fourth-order valence-corrected chi connectivity index (χ4v) is 4.49. The number of carbonyl (C=O) groups excluding carboxylic acids is 1. The van der Waals surface area contributed by atoms with E-state index >= 15 is 0 Å². The molecule has 0 fully saturated rings. The summed E-state index contributed by atoms with van der Waals surface area (Å²) >= 11 is 0. The molecule has 0 saturated heterocycles. The van der Waals surface area contributed by atoms with Crippen LogP contribution in [-0.4, -0.2) is 32.4 Å². The highest BCUT2D eigenvalue weighted by Crippen LogP contribution is 2.47. The number of methoxy groups -OCH3 is 1. The van der Waals surface area contributed by atoms with Gasteiger partial charge in [-0.05, 0) is 72.2 Å². The minimum atomic E-state index is -0.316. The van der Waals surface area contributed by atoms with Gasteiger partial charge in [-0.25, -0.2) is 4.79 Å². The highest BCUT2D eigenvalue weighted by Gasteiger charge is 2.38. The van der Waals surface area contributed by atoms with Gasteiger partial charge in [-0.3, -0.25) is 4.99 Å². The van der Waals surface area contributed by atoms with Crippen molar-refractivity contribution in [2.45, 2.75) is 32.7 Å². The number of fused-ring (bicyclic) bond motifs is 1. The molecule has 0 atom stereocenters. The first kappa shape index (κ1) is 24.3. The number of anilines is 1. The zero-order chi connectivity index (χ0) is 25.0. The minimum Gasteiger partial charge on any atom is -0.494 e. The molecule has 0 amide bonds. The van der Waals surface area contributed by atoms with Crippen LogP contribution in [0.4, 0.5) is 5.69 Å². The third-order valence-corrected chi connectivity index (χ3v) is 6.46. The van der Waals surface area contributed by atoms with Crippen molar-refractivity contribution in [3.8, 4) is 5.75 Å². The minimum absolute atomic E-state index is 0.238. The Hall–Kier alpha value is -3.86. The number of aliphatic imine (C=N–C) groups is 1. The second kappa shape index (κ2) is 10.2. The van der Waals surface area contributed by atoms with Crippen molar-refractivity contribution < 1.29 is 14.3 Å². The van der Waals surface area contributed by atoms with Crippen LogP contribution in [0.1, 0.15) is 42.3 Å². The molecule has 0 saturated carbocycles. The predicted molar refractivity (Wildman–Crippen MR) is 142 cm³/mol. The Labute approximate surface area is 207 Å². The van der Waals surface area contributed by atoms with E-state index < -0.39 is 0 Å². The summed E-state index contributed by atoms with van der Waals surface area (Å²) in [5.74, 6) is 0.566. The summed E-state index contributed by atoms with van der Waals surface area (Å²) in [6.07, 6.45) is 12.5. The number of ether oxygens (including phenoxy) is 2. The molecule has 0 N–H and O–H groups in total. The van der Waals surface area contributed by atoms with Crippen molar-refractivity contribution in [1.82, 2.24) is 0 Å². The van der Waals surface area contributed by atoms with Crippen molar-refractivity contribution in [3.05, 3.63) is 107 Å². The van der Waals surface area contributed by atoms with E-state index in [9.17, 15) is 4.79 Å². The van der Waals surface area contributed by atoms with Gasteiger partial charge in [0, 0.05) is 23.8 Å². The summed E-state index contributed by atoms with van der Waals surface area (Å²) in [5.41, 5.74) is 6.92. The van der Waals surface area contributed by atoms with Gasteiger partial charge in [-0.15, -0.1) is 0 Å². The van der Waals surface area contributed by atoms with E-state index in [1.807, 2.05) is 49.4 Å². The normalized spacial score (nSPS) is 16.9. The van der Waals surface area contributed by atoms with E-state index in [2.05, 4.69) is 62.2 Å². The highest BCUT2D eigenvalue weighted by atomic mass is 16.5. The van der Waals surface area contributed by atoms with Crippen molar-refractivity contribution in [3.63, 3.8) is 0 Å². The molecule has 1 heterocycles. The van der Waals surface area contributed by atoms with Crippen LogP contribution in [0.25, 0.3) is 0 Å². The van der Waals surface area contributed by atoms with Crippen LogP contribution < -0.4 is 9.64 Å². The van der Waals surface area contributed by atoms with Crippen LogP contribution in [0.2, 0.25) is 0 Å². The summed E-state index contributed by atoms with van der Waals surface area (Å²) in [6, 6.07) is 13.8. The Morgan fingerprint density at radius 1 is 1.03 bits per heavy atom. The van der Waals surface area contributed by atoms with Crippen LogP contribution in [0.3, 0.4) is 0 Å². The van der Waals surface area contributed by atoms with E-state index in [1.165, 1.54) is 12.8 Å². The summed E-state index contributed by atoms with van der Waals surface area (Å²) in [6.45, 7) is 7.64. The van der Waals surface area contributed by atoms with Gasteiger partial charge in [-0.1, -0.05) is 44.2 Å². The van der Waals surface area contributed by atoms with E-state index in [1.54, 1.807) is 0 Å². The second-order valence-electron chi connectivity index (χ2n) is 9.11. The first-order valence-corrected chi connectivity index (χ1v) is 11.8. The molecule has 0 aromatic heterocycles. The molecule has 2 aliphatic rings. The van der Waals surface area contributed by atoms with Crippen LogP contribution >= 0.6 is 0 Å². The number of hydrogen-bond donors (Lipinski definition) is 0. The van der Waals surface area contributed by atoms with Crippen LogP contribution in [-0.2, 0) is 16.7 Å². The first-order valence-electron chi connectivity index (χ1n) is 11.8.